The third-order valence-electron chi connectivity index (χ3n) is 4.11. The summed E-state index contributed by atoms with van der Waals surface area (Å²) in [5.41, 5.74) is 4.48. The molecule has 0 bridgehead atoms. The maximum atomic E-state index is 5.82. The molecule has 0 radical (unpaired) electrons. The van der Waals surface area contributed by atoms with Crippen LogP contribution in [-0.4, -0.2) is 10.2 Å². The Bertz CT molecular complexity index is 952. The molecule has 1 heterocycles. The lowest BCUT2D eigenvalue weighted by molar-refractivity contribution is 0.306. The van der Waals surface area contributed by atoms with Gasteiger partial charge in [-0.15, -0.1) is 0 Å². The lowest BCUT2D eigenvalue weighted by Crippen LogP contribution is -2.00. The molecule has 2 N–H and O–H groups in total. The van der Waals surface area contributed by atoms with Gasteiger partial charge in [0.1, 0.15) is 12.4 Å². The summed E-state index contributed by atoms with van der Waals surface area (Å²) in [5, 5.41) is 11.6. The predicted molar refractivity (Wildman–Crippen MR) is 114 cm³/mol. The Morgan fingerprint density at radius 3 is 2.48 bits per heavy atom. The number of hydrogen-bond acceptors (Lipinski definition) is 3. The molecule has 0 saturated carbocycles. The Balaban J connectivity index is 0.000000906. The summed E-state index contributed by atoms with van der Waals surface area (Å²) in [6.07, 6.45) is 1.83. The van der Waals surface area contributed by atoms with Crippen molar-refractivity contribution < 1.29 is 6.16 Å². The number of rotatable bonds is 6. The second-order valence-corrected chi connectivity index (χ2v) is 5.94. The van der Waals surface area contributed by atoms with E-state index in [1.54, 1.807) is 0 Å². The first kappa shape index (κ1) is 18.5. The van der Waals surface area contributed by atoms with E-state index in [1.165, 1.54) is 11.1 Å². The molecule has 1 aromatic heterocycles. The molecule has 140 valence electrons. The number of ether oxygens (including phenoxy) is 1. The van der Waals surface area contributed by atoms with Gasteiger partial charge in [0.15, 0.2) is 0 Å². The Hall–Kier alpha value is -3.27. The molecule has 0 aliphatic carbocycles. The van der Waals surface area contributed by atoms with Gasteiger partial charge in [-0.2, -0.15) is 5.10 Å². The molecular formula is C23H27N3O. The van der Waals surface area contributed by atoms with Gasteiger partial charge in [-0.3, -0.25) is 5.10 Å². The molecule has 3 aromatic carbocycles. The smallest absolute Gasteiger partial charge is 0.119 e. The summed E-state index contributed by atoms with van der Waals surface area (Å²) in [7, 11) is 0. The molecule has 0 fully saturated rings. The zero-order valence-electron chi connectivity index (χ0n) is 15.8. The van der Waals surface area contributed by atoms with Crippen LogP contribution in [0.25, 0.3) is 10.9 Å². The highest BCUT2D eigenvalue weighted by atomic mass is 16.5. The third kappa shape index (κ3) is 5.11. The molecule has 4 rings (SSSR count). The van der Waals surface area contributed by atoms with Crippen LogP contribution in [0, 0.1) is 0 Å². The zero-order chi connectivity index (χ0) is 18.9. The fourth-order valence-corrected chi connectivity index (χ4v) is 2.70. The van der Waals surface area contributed by atoms with E-state index in [4.69, 9.17) is 4.74 Å². The van der Waals surface area contributed by atoms with Crippen molar-refractivity contribution in [3.63, 3.8) is 0 Å². The summed E-state index contributed by atoms with van der Waals surface area (Å²) in [5.74, 6) is 0.881. The van der Waals surface area contributed by atoms with Crippen LogP contribution < -0.4 is 10.1 Å². The van der Waals surface area contributed by atoms with Crippen molar-refractivity contribution in [2.24, 2.45) is 0 Å². The first-order chi connectivity index (χ1) is 13.4. The van der Waals surface area contributed by atoms with Gasteiger partial charge in [-0.25, -0.2) is 0 Å². The number of aromatic amines is 1. The van der Waals surface area contributed by atoms with Gasteiger partial charge in [-0.1, -0.05) is 56.3 Å². The number of H-pyrrole nitrogens is 1. The summed E-state index contributed by atoms with van der Waals surface area (Å²) in [6.45, 7) is 5.35. The molecule has 4 aromatic rings. The van der Waals surface area contributed by atoms with Gasteiger partial charge in [0.25, 0.3) is 0 Å². The number of nitrogens with zero attached hydrogens (tertiary/aromatic N) is 1. The molecule has 0 amide bonds. The first-order valence-electron chi connectivity index (χ1n) is 9.29. The number of nitrogens with one attached hydrogen (secondary N) is 2. The van der Waals surface area contributed by atoms with Crippen molar-refractivity contribution in [3.8, 4) is 5.75 Å². The Morgan fingerprint density at radius 1 is 0.926 bits per heavy atom. The molecule has 0 spiro atoms. The highest BCUT2D eigenvalue weighted by molar-refractivity contribution is 5.81. The highest BCUT2D eigenvalue weighted by Crippen LogP contribution is 2.18. The SMILES string of the molecule is CC.[HH].c1ccc(COc2ccc(CNc3ccc4cn[nH]c4c3)cc2)cc1. The van der Waals surface area contributed by atoms with Crippen LogP contribution in [0.4, 0.5) is 5.69 Å². The van der Waals surface area contributed by atoms with Gasteiger partial charge in [0.05, 0.1) is 11.7 Å². The molecule has 0 aliphatic heterocycles. The average molecular weight is 361 g/mol. The third-order valence-corrected chi connectivity index (χ3v) is 4.11. The van der Waals surface area contributed by atoms with E-state index in [-0.39, 0.29) is 1.43 Å². The molecule has 0 aliphatic rings. The van der Waals surface area contributed by atoms with Crippen LogP contribution in [0.5, 0.6) is 5.75 Å². The van der Waals surface area contributed by atoms with Gasteiger partial charge in [0.2, 0.25) is 0 Å². The Labute approximate surface area is 161 Å². The van der Waals surface area contributed by atoms with Crippen molar-refractivity contribution in [2.45, 2.75) is 27.0 Å². The van der Waals surface area contributed by atoms with Crippen molar-refractivity contribution in [1.29, 1.82) is 0 Å². The highest BCUT2D eigenvalue weighted by Gasteiger charge is 2.00. The number of benzene rings is 3. The van der Waals surface area contributed by atoms with Crippen LogP contribution in [0.1, 0.15) is 26.4 Å². The minimum Gasteiger partial charge on any atom is -0.489 e. The van der Waals surface area contributed by atoms with Crippen LogP contribution in [-0.2, 0) is 13.2 Å². The fourth-order valence-electron chi connectivity index (χ4n) is 2.70. The standard InChI is InChI=1S/C21H19N3O.C2H6.H2/c1-2-4-17(5-3-1)15-25-20-10-6-16(7-11-20)13-22-19-9-8-18-14-23-24-21(18)12-19;1-2;/h1-12,14,22H,13,15H2,(H,23,24);1-2H3;1H. The van der Waals surface area contributed by atoms with Crippen molar-refractivity contribution in [3.05, 3.63) is 90.1 Å². The maximum Gasteiger partial charge on any atom is 0.119 e. The second kappa shape index (κ2) is 9.43. The first-order valence-corrected chi connectivity index (χ1v) is 9.29. The van der Waals surface area contributed by atoms with Crippen LogP contribution in [0.3, 0.4) is 0 Å². The van der Waals surface area contributed by atoms with E-state index < -0.39 is 0 Å². The molecule has 4 heteroatoms. The quantitative estimate of drug-likeness (QED) is 0.441. The normalized spacial score (nSPS) is 10.1. The number of fused-ring (bicyclic) bond motifs is 1. The van der Waals surface area contributed by atoms with E-state index in [2.05, 4.69) is 58.0 Å². The number of aromatic nitrogens is 2. The van der Waals surface area contributed by atoms with Gasteiger partial charge < -0.3 is 10.1 Å². The van der Waals surface area contributed by atoms with Crippen LogP contribution in [0.15, 0.2) is 79.0 Å². The van der Waals surface area contributed by atoms with Crippen molar-refractivity contribution in [2.75, 3.05) is 5.32 Å². The molecule has 27 heavy (non-hydrogen) atoms. The second-order valence-electron chi connectivity index (χ2n) is 5.94. The number of anilines is 1. The molecule has 0 unspecified atom stereocenters. The summed E-state index contributed by atoms with van der Waals surface area (Å²) < 4.78 is 5.82. The summed E-state index contributed by atoms with van der Waals surface area (Å²) >= 11 is 0. The van der Waals surface area contributed by atoms with E-state index >= 15 is 0 Å². The van der Waals surface area contributed by atoms with E-state index in [1.807, 2.05) is 50.4 Å². The average Bonchev–Trinajstić information content (AvgIpc) is 3.22. The molecule has 4 nitrogen and oxygen atoms in total. The van der Waals surface area contributed by atoms with E-state index in [0.29, 0.717) is 6.61 Å². The molecule has 0 saturated heterocycles. The lowest BCUT2D eigenvalue weighted by Gasteiger charge is -2.09. The predicted octanol–water partition coefficient (Wildman–Crippen LogP) is 6.03. The lowest BCUT2D eigenvalue weighted by atomic mass is 10.2. The largest absolute Gasteiger partial charge is 0.489 e. The summed E-state index contributed by atoms with van der Waals surface area (Å²) in [6, 6.07) is 24.6. The van der Waals surface area contributed by atoms with Crippen molar-refractivity contribution in [1.82, 2.24) is 10.2 Å². The Morgan fingerprint density at radius 2 is 1.70 bits per heavy atom. The summed E-state index contributed by atoms with van der Waals surface area (Å²) in [4.78, 5) is 0. The minimum absolute atomic E-state index is 0. The minimum atomic E-state index is 0. The maximum absolute atomic E-state index is 5.82. The van der Waals surface area contributed by atoms with E-state index in [9.17, 15) is 0 Å². The van der Waals surface area contributed by atoms with Gasteiger partial charge >= 0.3 is 0 Å². The fraction of sp³-hybridized carbons (Fsp3) is 0.174. The van der Waals surface area contributed by atoms with Crippen LogP contribution >= 0.6 is 0 Å². The topological polar surface area (TPSA) is 49.9 Å². The van der Waals surface area contributed by atoms with Crippen molar-refractivity contribution >= 4 is 16.6 Å². The Kier molecular flexibility index (Phi) is 6.47. The monoisotopic (exact) mass is 361 g/mol. The van der Waals surface area contributed by atoms with Crippen LogP contribution in [0.2, 0.25) is 0 Å². The van der Waals surface area contributed by atoms with E-state index in [0.717, 1.165) is 28.9 Å². The van der Waals surface area contributed by atoms with Gasteiger partial charge in [-0.05, 0) is 41.5 Å². The molecular weight excluding hydrogens is 334 g/mol. The van der Waals surface area contributed by atoms with Gasteiger partial charge in [0, 0.05) is 19.0 Å². The zero-order valence-corrected chi connectivity index (χ0v) is 15.8. The number of hydrogen-bond donors (Lipinski definition) is 2. The molecule has 0 atom stereocenters.